The maximum absolute atomic E-state index is 5.27. The molecule has 0 aliphatic carbocycles. The summed E-state index contributed by atoms with van der Waals surface area (Å²) >= 11 is 0. The molecule has 0 spiro atoms. The van der Waals surface area contributed by atoms with Crippen molar-refractivity contribution in [3.63, 3.8) is 0 Å². The molecular weight excluding hydrogens is 136 g/mol. The Morgan fingerprint density at radius 2 is 2.00 bits per heavy atom. The first-order valence-corrected chi connectivity index (χ1v) is 4.13. The van der Waals surface area contributed by atoms with Crippen molar-refractivity contribution in [1.82, 2.24) is 5.14 Å². The van der Waals surface area contributed by atoms with Gasteiger partial charge in [-0.05, 0) is 5.31 Å². The third-order valence-corrected chi connectivity index (χ3v) is 1.50. The summed E-state index contributed by atoms with van der Waals surface area (Å²) in [6, 6.07) is 0. The van der Waals surface area contributed by atoms with E-state index >= 15 is 0 Å². The van der Waals surface area contributed by atoms with E-state index in [-0.39, 0.29) is 12.4 Å². The second-order valence-corrected chi connectivity index (χ2v) is 3.76. The van der Waals surface area contributed by atoms with E-state index in [2.05, 4.69) is 32.8 Å². The molecule has 0 aromatic carbocycles. The van der Waals surface area contributed by atoms with Gasteiger partial charge in [0, 0.05) is 7.11 Å². The summed E-state index contributed by atoms with van der Waals surface area (Å²) in [6.07, 6.45) is 1.02. The van der Waals surface area contributed by atoms with Crippen LogP contribution in [-0.4, -0.2) is 21.6 Å². The van der Waals surface area contributed by atoms with Gasteiger partial charge in [-0.2, -0.15) is 0 Å². The lowest BCUT2D eigenvalue weighted by molar-refractivity contribution is 0.386. The van der Waals surface area contributed by atoms with Gasteiger partial charge >= 0.3 is 7.05 Å². The summed E-state index contributed by atoms with van der Waals surface area (Å²) in [4.78, 5) is 0. The predicted octanol–water partition coefficient (Wildman–Crippen LogP) is 1.57. The molecule has 0 unspecified atom stereocenters. The smallest absolute Gasteiger partial charge is 0.373 e. The predicted molar refractivity (Wildman–Crippen MR) is 51.8 cm³/mol. The zero-order valence-electron chi connectivity index (χ0n) is 8.27. The van der Waals surface area contributed by atoms with Crippen LogP contribution in [0.4, 0.5) is 0 Å². The highest BCUT2D eigenvalue weighted by Gasteiger charge is 2.29. The largest absolute Gasteiger partial charge is 0.424 e. The average Bonchev–Trinajstić information content (AvgIpc) is 1.87. The lowest BCUT2D eigenvalue weighted by atomic mass is 9.54. The van der Waals surface area contributed by atoms with Crippen LogP contribution in [0, 0.1) is 0 Å². The van der Waals surface area contributed by atoms with Crippen molar-refractivity contribution in [2.75, 3.05) is 7.11 Å². The lowest BCUT2D eigenvalue weighted by Gasteiger charge is -2.25. The van der Waals surface area contributed by atoms with E-state index in [1.807, 2.05) is 7.41 Å². The fraction of sp³-hybridized carbons (Fsp3) is 1.00. The van der Waals surface area contributed by atoms with Gasteiger partial charge in [-0.15, -0.1) is 0 Å². The second-order valence-electron chi connectivity index (χ2n) is 3.76. The highest BCUT2D eigenvalue weighted by molar-refractivity contribution is 6.62. The molecule has 0 aromatic rings. The maximum Gasteiger partial charge on any atom is 0.373 e. The van der Waals surface area contributed by atoms with Crippen molar-refractivity contribution in [3.05, 3.63) is 0 Å². The molecule has 63 valence electrons. The minimum atomic E-state index is 0.113. The molecule has 4 heteroatoms. The molecule has 0 rings (SSSR count). The van der Waals surface area contributed by atoms with Crippen LogP contribution in [0.5, 0.6) is 0 Å². The summed E-state index contributed by atoms with van der Waals surface area (Å²) in [5, 5.41) is 3.36. The molecule has 11 heavy (non-hydrogen) atoms. The molecule has 0 amide bonds. The molecule has 0 aliphatic heterocycles. The van der Waals surface area contributed by atoms with Gasteiger partial charge in [0.25, 0.3) is 0 Å². The van der Waals surface area contributed by atoms with Gasteiger partial charge in [0.15, 0.2) is 7.41 Å². The summed E-state index contributed by atoms with van der Waals surface area (Å²) in [7, 11) is 3.87. The first-order chi connectivity index (χ1) is 5.02. The number of rotatable bonds is 4. The van der Waals surface area contributed by atoms with E-state index in [0.29, 0.717) is 0 Å². The summed E-state index contributed by atoms with van der Waals surface area (Å²) in [6.45, 7) is 8.55. The summed E-state index contributed by atoms with van der Waals surface area (Å²) in [5.41, 5.74) is 0. The van der Waals surface area contributed by atoms with Crippen LogP contribution in [-0.2, 0) is 4.65 Å². The van der Waals surface area contributed by atoms with Crippen molar-refractivity contribution >= 4 is 14.5 Å². The van der Waals surface area contributed by atoms with Crippen LogP contribution in [0.2, 0.25) is 11.6 Å². The first-order valence-electron chi connectivity index (χ1n) is 4.13. The van der Waals surface area contributed by atoms with Crippen LogP contribution >= 0.6 is 0 Å². The van der Waals surface area contributed by atoms with Gasteiger partial charge in [-0.1, -0.05) is 34.0 Å². The van der Waals surface area contributed by atoms with E-state index in [1.54, 1.807) is 7.11 Å². The van der Waals surface area contributed by atoms with Gasteiger partial charge in [0.2, 0.25) is 0 Å². The van der Waals surface area contributed by atoms with E-state index in [9.17, 15) is 0 Å². The van der Waals surface area contributed by atoms with Gasteiger partial charge in [-0.3, -0.25) is 0 Å². The molecule has 1 radical (unpaired) electrons. The number of nitrogens with one attached hydrogen (secondary N) is 1. The Bertz CT molecular complexity index is 103. The Morgan fingerprint density at radius 3 is 2.27 bits per heavy atom. The Morgan fingerprint density at radius 1 is 1.45 bits per heavy atom. The quantitative estimate of drug-likeness (QED) is 0.620. The van der Waals surface area contributed by atoms with Gasteiger partial charge in [0.05, 0.1) is 0 Å². The molecule has 0 aliphatic rings. The highest BCUT2D eigenvalue weighted by atomic mass is 16.4. The SMILES string of the molecule is CC[B]NB(OC)C(C)(C)C. The average molecular weight is 154 g/mol. The Balaban J connectivity index is 3.76. The van der Waals surface area contributed by atoms with E-state index < -0.39 is 0 Å². The van der Waals surface area contributed by atoms with Crippen molar-refractivity contribution < 1.29 is 4.65 Å². The second kappa shape index (κ2) is 4.83. The van der Waals surface area contributed by atoms with Gasteiger partial charge in [-0.25, -0.2) is 0 Å². The first kappa shape index (κ1) is 11.0. The Labute approximate surface area is 71.5 Å². The molecule has 1 N–H and O–H groups in total. The molecule has 0 atom stereocenters. The van der Waals surface area contributed by atoms with Crippen molar-refractivity contribution in [1.29, 1.82) is 0 Å². The van der Waals surface area contributed by atoms with Crippen molar-refractivity contribution in [2.45, 2.75) is 39.3 Å². The monoisotopic (exact) mass is 154 g/mol. The van der Waals surface area contributed by atoms with Crippen LogP contribution in [0.3, 0.4) is 0 Å². The van der Waals surface area contributed by atoms with Crippen molar-refractivity contribution in [3.8, 4) is 0 Å². The fourth-order valence-electron chi connectivity index (χ4n) is 0.896. The Hall–Kier alpha value is 0.0499. The normalized spacial score (nSPS) is 11.4. The minimum absolute atomic E-state index is 0.113. The molecule has 2 nitrogen and oxygen atoms in total. The van der Waals surface area contributed by atoms with Crippen LogP contribution in [0.1, 0.15) is 27.7 Å². The van der Waals surface area contributed by atoms with Crippen LogP contribution < -0.4 is 5.14 Å². The molecule has 0 fully saturated rings. The van der Waals surface area contributed by atoms with E-state index in [0.717, 1.165) is 6.32 Å². The highest BCUT2D eigenvalue weighted by Crippen LogP contribution is 2.24. The third-order valence-electron chi connectivity index (χ3n) is 1.50. The minimum Gasteiger partial charge on any atom is -0.424 e. The molecule has 0 aromatic heterocycles. The topological polar surface area (TPSA) is 21.3 Å². The van der Waals surface area contributed by atoms with Gasteiger partial charge < -0.3 is 9.79 Å². The summed E-state index contributed by atoms with van der Waals surface area (Å²) < 4.78 is 5.27. The number of hydrogen-bond acceptors (Lipinski definition) is 2. The van der Waals surface area contributed by atoms with E-state index in [4.69, 9.17) is 4.65 Å². The van der Waals surface area contributed by atoms with Gasteiger partial charge in [0.1, 0.15) is 0 Å². The molecule has 0 saturated heterocycles. The molecule has 0 saturated carbocycles. The number of hydrogen-bond donors (Lipinski definition) is 1. The molecule has 0 bridgehead atoms. The zero-order chi connectivity index (χ0) is 8.91. The summed E-state index contributed by atoms with van der Waals surface area (Å²) in [5.74, 6) is 0. The standard InChI is InChI=1S/C7H18B2NO/c1-6-8-10-9(11-5)7(2,3)4/h10H,6H2,1-5H3. The molecular formula is C7H18B2NO. The lowest BCUT2D eigenvalue weighted by Crippen LogP contribution is -2.45. The molecule has 0 heterocycles. The van der Waals surface area contributed by atoms with Crippen LogP contribution in [0.25, 0.3) is 0 Å². The van der Waals surface area contributed by atoms with E-state index in [1.165, 1.54) is 0 Å². The van der Waals surface area contributed by atoms with Crippen molar-refractivity contribution in [2.24, 2.45) is 0 Å². The zero-order valence-corrected chi connectivity index (χ0v) is 8.27. The maximum atomic E-state index is 5.27. The Kier molecular flexibility index (Phi) is 4.86. The van der Waals surface area contributed by atoms with Crippen LogP contribution in [0.15, 0.2) is 0 Å². The fourth-order valence-corrected chi connectivity index (χ4v) is 0.896. The third kappa shape index (κ3) is 4.49.